The van der Waals surface area contributed by atoms with Crippen molar-refractivity contribution < 1.29 is 17.6 Å². The summed E-state index contributed by atoms with van der Waals surface area (Å²) in [5.41, 5.74) is 0.602. The fraction of sp³-hybridized carbons (Fsp3) is 0.158. The average molecular weight is 384 g/mol. The summed E-state index contributed by atoms with van der Waals surface area (Å²) in [6.45, 7) is 0.451. The van der Waals surface area contributed by atoms with Crippen molar-refractivity contribution in [1.82, 2.24) is 0 Å². The van der Waals surface area contributed by atoms with Crippen LogP contribution in [0.25, 0.3) is 11.0 Å². The van der Waals surface area contributed by atoms with E-state index >= 15 is 0 Å². The van der Waals surface area contributed by atoms with Crippen LogP contribution in [0.5, 0.6) is 0 Å². The maximum absolute atomic E-state index is 12.4. The van der Waals surface area contributed by atoms with Crippen molar-refractivity contribution in [2.45, 2.75) is 6.42 Å². The van der Waals surface area contributed by atoms with E-state index < -0.39 is 21.6 Å². The van der Waals surface area contributed by atoms with Crippen LogP contribution in [0.1, 0.15) is 16.8 Å². The van der Waals surface area contributed by atoms with E-state index in [1.54, 1.807) is 48.5 Å². The Morgan fingerprint density at radius 2 is 1.81 bits per heavy atom. The van der Waals surface area contributed by atoms with Gasteiger partial charge >= 0.3 is 5.63 Å². The molecule has 1 aliphatic rings. The summed E-state index contributed by atoms with van der Waals surface area (Å²) < 4.78 is 30.5. The Morgan fingerprint density at radius 3 is 2.52 bits per heavy atom. The molecule has 8 heteroatoms. The zero-order valence-electron chi connectivity index (χ0n) is 14.2. The van der Waals surface area contributed by atoms with Crippen LogP contribution in [-0.4, -0.2) is 26.6 Å². The number of hydrogen-bond donors (Lipinski definition) is 1. The molecule has 0 aliphatic carbocycles. The normalized spacial score (nSPS) is 15.8. The van der Waals surface area contributed by atoms with Crippen molar-refractivity contribution >= 4 is 38.3 Å². The smallest absolute Gasteiger partial charge is 0.349 e. The van der Waals surface area contributed by atoms with Gasteiger partial charge in [-0.15, -0.1) is 0 Å². The van der Waals surface area contributed by atoms with Crippen LogP contribution in [0.15, 0.2) is 63.8 Å². The molecule has 3 aromatic rings. The number of para-hydroxylation sites is 1. The lowest BCUT2D eigenvalue weighted by Gasteiger charge is -2.17. The lowest BCUT2D eigenvalue weighted by atomic mass is 10.1. The van der Waals surface area contributed by atoms with E-state index in [9.17, 15) is 18.0 Å². The van der Waals surface area contributed by atoms with Gasteiger partial charge in [0.25, 0.3) is 5.91 Å². The molecule has 0 radical (unpaired) electrons. The molecule has 1 fully saturated rings. The van der Waals surface area contributed by atoms with E-state index in [2.05, 4.69) is 5.32 Å². The molecule has 1 N–H and O–H groups in total. The van der Waals surface area contributed by atoms with Crippen molar-refractivity contribution in [3.8, 4) is 0 Å². The van der Waals surface area contributed by atoms with Crippen molar-refractivity contribution in [3.63, 3.8) is 0 Å². The lowest BCUT2D eigenvalue weighted by Crippen LogP contribution is -2.25. The van der Waals surface area contributed by atoms with Gasteiger partial charge in [0.2, 0.25) is 10.0 Å². The number of fused-ring (bicyclic) bond motifs is 1. The molecule has 1 amide bonds. The van der Waals surface area contributed by atoms with Gasteiger partial charge in [-0.25, -0.2) is 13.2 Å². The number of rotatable bonds is 3. The molecule has 0 unspecified atom stereocenters. The number of nitrogens with one attached hydrogen (secondary N) is 1. The summed E-state index contributed by atoms with van der Waals surface area (Å²) in [5.74, 6) is -0.445. The molecule has 0 saturated carbocycles. The Bertz CT molecular complexity index is 1180. The third-order valence-electron chi connectivity index (χ3n) is 4.40. The summed E-state index contributed by atoms with van der Waals surface area (Å²) in [6.07, 6.45) is 0.596. The van der Waals surface area contributed by atoms with Crippen molar-refractivity contribution in [2.75, 3.05) is 21.9 Å². The molecule has 7 nitrogen and oxygen atoms in total. The molecular weight excluding hydrogens is 368 g/mol. The summed E-state index contributed by atoms with van der Waals surface area (Å²) in [5, 5.41) is 3.29. The first-order valence-corrected chi connectivity index (χ1v) is 10.00. The van der Waals surface area contributed by atoms with Gasteiger partial charge in [-0.3, -0.25) is 9.10 Å². The van der Waals surface area contributed by atoms with Gasteiger partial charge in [0.1, 0.15) is 11.1 Å². The molecule has 1 aliphatic heterocycles. The predicted octanol–water partition coefficient (Wildman–Crippen LogP) is 2.59. The lowest BCUT2D eigenvalue weighted by molar-refractivity contribution is 0.102. The van der Waals surface area contributed by atoms with Gasteiger partial charge in [0.15, 0.2) is 0 Å². The molecule has 0 spiro atoms. The fourth-order valence-electron chi connectivity index (χ4n) is 3.06. The second-order valence-electron chi connectivity index (χ2n) is 6.23. The predicted molar refractivity (Wildman–Crippen MR) is 103 cm³/mol. The Kier molecular flexibility index (Phi) is 4.19. The minimum absolute atomic E-state index is 0.0973. The first kappa shape index (κ1) is 17.3. The Balaban J connectivity index is 1.57. The molecular formula is C19H16N2O5S. The molecule has 0 atom stereocenters. The van der Waals surface area contributed by atoms with E-state index in [4.69, 9.17) is 4.42 Å². The standard InChI is InChI=1S/C19H16N2O5S/c22-18(16-12-13-4-1-2-5-17(13)26-19(16)23)20-14-6-8-15(9-7-14)21-10-3-11-27(21,24)25/h1-2,4-9,12H,3,10-11H2,(H,20,22). The van der Waals surface area contributed by atoms with Gasteiger partial charge in [0, 0.05) is 17.6 Å². The maximum Gasteiger partial charge on any atom is 0.349 e. The van der Waals surface area contributed by atoms with Crippen LogP contribution >= 0.6 is 0 Å². The second-order valence-corrected chi connectivity index (χ2v) is 8.24. The monoisotopic (exact) mass is 384 g/mol. The number of anilines is 2. The Labute approximate surface area is 155 Å². The first-order chi connectivity index (χ1) is 12.9. The summed E-state index contributed by atoms with van der Waals surface area (Å²) in [6, 6.07) is 14.9. The zero-order valence-corrected chi connectivity index (χ0v) is 15.0. The van der Waals surface area contributed by atoms with E-state index in [0.29, 0.717) is 35.3 Å². The number of carbonyl (C=O) groups excluding carboxylic acids is 1. The van der Waals surface area contributed by atoms with Crippen LogP contribution in [0.3, 0.4) is 0 Å². The van der Waals surface area contributed by atoms with Crippen LogP contribution < -0.4 is 15.2 Å². The zero-order chi connectivity index (χ0) is 19.0. The van der Waals surface area contributed by atoms with Crippen molar-refractivity contribution in [1.29, 1.82) is 0 Å². The third kappa shape index (κ3) is 3.31. The molecule has 4 rings (SSSR count). The maximum atomic E-state index is 12.4. The average Bonchev–Trinajstić information content (AvgIpc) is 3.01. The van der Waals surface area contributed by atoms with Crippen LogP contribution in [0, 0.1) is 0 Å². The number of benzene rings is 2. The van der Waals surface area contributed by atoms with Gasteiger partial charge in [0.05, 0.1) is 11.4 Å². The first-order valence-electron chi connectivity index (χ1n) is 8.39. The van der Waals surface area contributed by atoms with Crippen LogP contribution in [-0.2, 0) is 10.0 Å². The largest absolute Gasteiger partial charge is 0.422 e. The minimum Gasteiger partial charge on any atom is -0.422 e. The topological polar surface area (TPSA) is 96.7 Å². The minimum atomic E-state index is -3.25. The molecule has 2 heterocycles. The van der Waals surface area contributed by atoms with E-state index in [1.807, 2.05) is 0 Å². The molecule has 1 aromatic heterocycles. The summed E-state index contributed by atoms with van der Waals surface area (Å²) in [7, 11) is -3.25. The molecule has 2 aromatic carbocycles. The van der Waals surface area contributed by atoms with Crippen molar-refractivity contribution in [3.05, 3.63) is 70.6 Å². The quantitative estimate of drug-likeness (QED) is 0.700. The molecule has 27 heavy (non-hydrogen) atoms. The Morgan fingerprint density at radius 1 is 1.07 bits per heavy atom. The van der Waals surface area contributed by atoms with Crippen LogP contribution in [0.4, 0.5) is 11.4 Å². The number of nitrogens with zero attached hydrogens (tertiary/aromatic N) is 1. The van der Waals surface area contributed by atoms with E-state index in [-0.39, 0.29) is 11.3 Å². The molecule has 138 valence electrons. The second kappa shape index (κ2) is 6.55. The highest BCUT2D eigenvalue weighted by Gasteiger charge is 2.28. The Hall–Kier alpha value is -3.13. The SMILES string of the molecule is O=C(Nc1ccc(N2CCCS2(=O)=O)cc1)c1cc2ccccc2oc1=O. The van der Waals surface area contributed by atoms with Gasteiger partial charge in [-0.1, -0.05) is 18.2 Å². The van der Waals surface area contributed by atoms with E-state index in [1.165, 1.54) is 10.4 Å². The summed E-state index contributed by atoms with van der Waals surface area (Å²) >= 11 is 0. The van der Waals surface area contributed by atoms with Gasteiger partial charge < -0.3 is 9.73 Å². The van der Waals surface area contributed by atoms with Gasteiger partial charge in [-0.05, 0) is 42.8 Å². The molecule has 0 bridgehead atoms. The van der Waals surface area contributed by atoms with Crippen LogP contribution in [0.2, 0.25) is 0 Å². The summed E-state index contributed by atoms with van der Waals surface area (Å²) in [4.78, 5) is 24.5. The highest BCUT2D eigenvalue weighted by atomic mass is 32.2. The van der Waals surface area contributed by atoms with Crippen molar-refractivity contribution in [2.24, 2.45) is 0 Å². The third-order valence-corrected chi connectivity index (χ3v) is 6.27. The highest BCUT2D eigenvalue weighted by Crippen LogP contribution is 2.25. The number of sulfonamides is 1. The number of hydrogen-bond acceptors (Lipinski definition) is 5. The number of amides is 1. The van der Waals surface area contributed by atoms with E-state index in [0.717, 1.165) is 0 Å². The molecule has 1 saturated heterocycles. The highest BCUT2D eigenvalue weighted by molar-refractivity contribution is 7.93. The number of carbonyl (C=O) groups is 1. The fourth-order valence-corrected chi connectivity index (χ4v) is 4.62. The van der Waals surface area contributed by atoms with Gasteiger partial charge in [-0.2, -0.15) is 0 Å².